The number of ether oxygens (including phenoxy) is 2. The van der Waals surface area contributed by atoms with Gasteiger partial charge in [-0.3, -0.25) is 0 Å². The average Bonchev–Trinajstić information content (AvgIpc) is 3.33. The molecule has 0 fully saturated rings. The van der Waals surface area contributed by atoms with Crippen molar-refractivity contribution in [3.05, 3.63) is 117 Å². The van der Waals surface area contributed by atoms with E-state index >= 15 is 4.39 Å². The van der Waals surface area contributed by atoms with Crippen molar-refractivity contribution in [1.82, 2.24) is 14.5 Å². The van der Waals surface area contributed by atoms with E-state index in [1.165, 1.54) is 30.3 Å². The molecule has 0 spiro atoms. The fraction of sp³-hybridized carbons (Fsp3) is 0.161. The quantitative estimate of drug-likeness (QED) is 0.175. The van der Waals surface area contributed by atoms with Crippen molar-refractivity contribution in [2.45, 2.75) is 19.6 Å². The van der Waals surface area contributed by atoms with Crippen molar-refractivity contribution in [3.63, 3.8) is 0 Å². The van der Waals surface area contributed by atoms with Crippen LogP contribution in [0.4, 0.5) is 14.5 Å². The lowest BCUT2D eigenvalue weighted by atomic mass is 10.1. The molecule has 0 radical (unpaired) electrons. The molecule has 0 amide bonds. The molecule has 0 aliphatic carbocycles. The third-order valence-electron chi connectivity index (χ3n) is 6.63. The standard InChI is InChI=1S/C31H23ClF2N4O4/c1-35-22-7-5-21(25(34)16-22)17-42-29-10-8-23(32)30(37-29)19-4-3-18(24(33)13-19)15-28-36-26-9-6-20(31(39)40)14-27(26)38(28)11-12-41-2/h3-10,13-14,16H,11-12,15,17H2,2H3,(H,39,40). The Kier molecular flexibility index (Phi) is 8.43. The van der Waals surface area contributed by atoms with E-state index in [0.717, 1.165) is 6.07 Å². The number of hydrogen-bond donors (Lipinski definition) is 1. The number of fused-ring (bicyclic) bond motifs is 1. The zero-order valence-corrected chi connectivity index (χ0v) is 23.0. The maximum absolute atomic E-state index is 15.4. The van der Waals surface area contributed by atoms with Crippen molar-refractivity contribution in [2.24, 2.45) is 0 Å². The molecule has 5 rings (SSSR count). The summed E-state index contributed by atoms with van der Waals surface area (Å²) in [6, 6.07) is 16.5. The molecule has 212 valence electrons. The van der Waals surface area contributed by atoms with Crippen molar-refractivity contribution >= 4 is 34.3 Å². The summed E-state index contributed by atoms with van der Waals surface area (Å²) in [6.45, 7) is 7.63. The van der Waals surface area contributed by atoms with E-state index < -0.39 is 17.6 Å². The molecule has 0 saturated heterocycles. The molecule has 0 bridgehead atoms. The zero-order chi connectivity index (χ0) is 29.8. The van der Waals surface area contributed by atoms with Crippen LogP contribution in [-0.4, -0.2) is 39.3 Å². The highest BCUT2D eigenvalue weighted by atomic mass is 35.5. The molecule has 0 saturated carbocycles. The van der Waals surface area contributed by atoms with Gasteiger partial charge in [0.05, 0.1) is 40.5 Å². The Balaban J connectivity index is 1.39. The maximum atomic E-state index is 15.4. The topological polar surface area (TPSA) is 90.8 Å². The summed E-state index contributed by atoms with van der Waals surface area (Å²) in [5, 5.41) is 9.68. The zero-order valence-electron chi connectivity index (χ0n) is 22.3. The molecule has 11 heteroatoms. The highest BCUT2D eigenvalue weighted by molar-refractivity contribution is 6.33. The average molecular weight is 589 g/mol. The van der Waals surface area contributed by atoms with Crippen LogP contribution in [0, 0.1) is 18.2 Å². The molecule has 0 aliphatic rings. The minimum Gasteiger partial charge on any atom is -0.478 e. The van der Waals surface area contributed by atoms with Crippen LogP contribution in [0.3, 0.4) is 0 Å². The summed E-state index contributed by atoms with van der Waals surface area (Å²) in [7, 11) is 1.56. The van der Waals surface area contributed by atoms with Gasteiger partial charge in [-0.05, 0) is 42.0 Å². The monoisotopic (exact) mass is 588 g/mol. The third-order valence-corrected chi connectivity index (χ3v) is 6.94. The molecule has 5 aromatic rings. The predicted octanol–water partition coefficient (Wildman–Crippen LogP) is 7.10. The lowest BCUT2D eigenvalue weighted by Crippen LogP contribution is -2.10. The summed E-state index contributed by atoms with van der Waals surface area (Å²) in [5.41, 5.74) is 2.86. The number of nitrogens with zero attached hydrogens (tertiary/aromatic N) is 4. The van der Waals surface area contributed by atoms with E-state index in [1.54, 1.807) is 37.4 Å². The highest BCUT2D eigenvalue weighted by Gasteiger charge is 2.17. The molecule has 0 aliphatic heterocycles. The van der Waals surface area contributed by atoms with Crippen LogP contribution >= 0.6 is 11.6 Å². The SMILES string of the molecule is [C-]#[N+]c1ccc(COc2ccc(Cl)c(-c3ccc(Cc4nc5ccc(C(=O)O)cc5n4CCOC)c(F)c3)n2)c(F)c1. The number of halogens is 3. The van der Waals surface area contributed by atoms with Crippen LogP contribution in [0.15, 0.2) is 66.7 Å². The van der Waals surface area contributed by atoms with Crippen molar-refractivity contribution < 1.29 is 28.2 Å². The van der Waals surface area contributed by atoms with Crippen LogP contribution in [0.25, 0.3) is 27.1 Å². The lowest BCUT2D eigenvalue weighted by molar-refractivity contribution is 0.0697. The van der Waals surface area contributed by atoms with Crippen LogP contribution in [-0.2, 0) is 24.3 Å². The Morgan fingerprint density at radius 3 is 2.52 bits per heavy atom. The number of methoxy groups -OCH3 is 1. The fourth-order valence-corrected chi connectivity index (χ4v) is 4.68. The van der Waals surface area contributed by atoms with E-state index in [1.807, 2.05) is 4.57 Å². The Hall–Kier alpha value is -4.85. The van der Waals surface area contributed by atoms with Gasteiger partial charge < -0.3 is 19.1 Å². The van der Waals surface area contributed by atoms with Crippen molar-refractivity contribution in [2.75, 3.05) is 13.7 Å². The van der Waals surface area contributed by atoms with Crippen LogP contribution < -0.4 is 4.74 Å². The molecular formula is C31H23ClF2N4O4. The van der Waals surface area contributed by atoms with Crippen LogP contribution in [0.5, 0.6) is 5.88 Å². The molecule has 1 N–H and O–H groups in total. The van der Waals surface area contributed by atoms with Gasteiger partial charge in [0.25, 0.3) is 0 Å². The second kappa shape index (κ2) is 12.3. The molecule has 2 aromatic heterocycles. The Morgan fingerprint density at radius 1 is 1.02 bits per heavy atom. The third kappa shape index (κ3) is 6.07. The first-order valence-corrected chi connectivity index (χ1v) is 13.1. The summed E-state index contributed by atoms with van der Waals surface area (Å²) < 4.78 is 42.4. The summed E-state index contributed by atoms with van der Waals surface area (Å²) in [4.78, 5) is 23.7. The first-order valence-electron chi connectivity index (χ1n) is 12.7. The van der Waals surface area contributed by atoms with E-state index in [-0.39, 0.29) is 46.4 Å². The number of carbonyl (C=O) groups is 1. The smallest absolute Gasteiger partial charge is 0.335 e. The van der Waals surface area contributed by atoms with Gasteiger partial charge in [-0.2, -0.15) is 0 Å². The number of benzene rings is 3. The number of pyridine rings is 1. The largest absolute Gasteiger partial charge is 0.478 e. The Morgan fingerprint density at radius 2 is 1.81 bits per heavy atom. The van der Waals surface area contributed by atoms with Crippen molar-refractivity contribution in [3.8, 4) is 17.1 Å². The van der Waals surface area contributed by atoms with Crippen molar-refractivity contribution in [1.29, 1.82) is 0 Å². The van der Waals surface area contributed by atoms with Crippen LogP contribution in [0.1, 0.15) is 27.3 Å². The maximum Gasteiger partial charge on any atom is 0.335 e. The summed E-state index contributed by atoms with van der Waals surface area (Å²) in [5.74, 6) is -1.40. The second-order valence-electron chi connectivity index (χ2n) is 9.32. The molecule has 0 atom stereocenters. The number of aromatic nitrogens is 3. The van der Waals surface area contributed by atoms with Gasteiger partial charge in [0.15, 0.2) is 5.69 Å². The van der Waals surface area contributed by atoms with Gasteiger partial charge in [0, 0.05) is 37.3 Å². The van der Waals surface area contributed by atoms with Gasteiger partial charge in [-0.25, -0.2) is 28.4 Å². The number of hydrogen-bond acceptors (Lipinski definition) is 5. The summed E-state index contributed by atoms with van der Waals surface area (Å²) in [6.07, 6.45) is 0.148. The minimum absolute atomic E-state index is 0.122. The molecule has 2 heterocycles. The number of rotatable bonds is 10. The van der Waals surface area contributed by atoms with Gasteiger partial charge >= 0.3 is 5.97 Å². The van der Waals surface area contributed by atoms with E-state index in [2.05, 4.69) is 14.8 Å². The first kappa shape index (κ1) is 28.7. The number of carboxylic acid groups (broad SMARTS) is 1. The Bertz CT molecular complexity index is 1850. The van der Waals surface area contributed by atoms with E-state index in [4.69, 9.17) is 27.6 Å². The fourth-order valence-electron chi connectivity index (χ4n) is 4.46. The highest BCUT2D eigenvalue weighted by Crippen LogP contribution is 2.31. The minimum atomic E-state index is -1.05. The number of carboxylic acids is 1. The Labute approximate surface area is 244 Å². The molecule has 42 heavy (non-hydrogen) atoms. The number of imidazole rings is 1. The molecular weight excluding hydrogens is 566 g/mol. The van der Waals surface area contributed by atoms with Gasteiger partial charge in [0.1, 0.15) is 24.1 Å². The van der Waals surface area contributed by atoms with Gasteiger partial charge in [-0.15, -0.1) is 0 Å². The molecule has 0 unspecified atom stereocenters. The molecule has 3 aromatic carbocycles. The predicted molar refractivity (Wildman–Crippen MR) is 153 cm³/mol. The normalized spacial score (nSPS) is 11.0. The van der Waals surface area contributed by atoms with Crippen LogP contribution in [0.2, 0.25) is 5.02 Å². The van der Waals surface area contributed by atoms with E-state index in [0.29, 0.717) is 41.1 Å². The summed E-state index contributed by atoms with van der Waals surface area (Å²) >= 11 is 6.38. The van der Waals surface area contributed by atoms with E-state index in [9.17, 15) is 14.3 Å². The van der Waals surface area contributed by atoms with Gasteiger partial charge in [0.2, 0.25) is 5.88 Å². The second-order valence-corrected chi connectivity index (χ2v) is 9.73. The first-order chi connectivity index (χ1) is 20.3. The number of aromatic carboxylic acids is 1. The molecule has 8 nitrogen and oxygen atoms in total. The lowest BCUT2D eigenvalue weighted by Gasteiger charge is -2.12. The van der Waals surface area contributed by atoms with Gasteiger partial charge in [-0.1, -0.05) is 35.9 Å².